The van der Waals surface area contributed by atoms with Gasteiger partial charge in [-0.2, -0.15) is 0 Å². The van der Waals surface area contributed by atoms with Crippen LogP contribution < -0.4 is 21.3 Å². The summed E-state index contributed by atoms with van der Waals surface area (Å²) in [5, 5.41) is 0. The molecule has 6 heteroatoms. The van der Waals surface area contributed by atoms with Crippen molar-refractivity contribution in [2.24, 2.45) is 10.7 Å². The molecule has 1 aliphatic heterocycles. The van der Waals surface area contributed by atoms with E-state index in [0.717, 1.165) is 24.5 Å². The highest BCUT2D eigenvalue weighted by Crippen LogP contribution is 2.13. The van der Waals surface area contributed by atoms with Gasteiger partial charge in [0.05, 0.1) is 6.61 Å². The van der Waals surface area contributed by atoms with E-state index in [4.69, 9.17) is 10.5 Å². The second-order valence-corrected chi connectivity index (χ2v) is 4.71. The Morgan fingerprint density at radius 3 is 2.88 bits per heavy atom. The molecule has 1 unspecified atom stereocenters. The molecule has 92 valence electrons. The van der Waals surface area contributed by atoms with Crippen LogP contribution >= 0.6 is 11.8 Å². The molecule has 1 atom stereocenters. The number of thioether (sulfide) groups is 1. The lowest BCUT2D eigenvalue weighted by Gasteiger charge is -2.08. The maximum atomic E-state index is 5.58. The Kier molecular flexibility index (Phi) is 4.52. The highest BCUT2D eigenvalue weighted by atomic mass is 32.2. The monoisotopic (exact) mass is 252 g/mol. The molecule has 0 radical (unpaired) electrons. The van der Waals surface area contributed by atoms with E-state index in [-0.39, 0.29) is 5.50 Å². The van der Waals surface area contributed by atoms with Gasteiger partial charge in [0.2, 0.25) is 5.96 Å². The highest BCUT2D eigenvalue weighted by Gasteiger charge is 2.12. The van der Waals surface area contributed by atoms with E-state index in [2.05, 4.69) is 15.8 Å². The number of nitrogens with zero attached hydrogens (tertiary/aromatic N) is 1. The van der Waals surface area contributed by atoms with Crippen LogP contribution in [0.25, 0.3) is 0 Å². The van der Waals surface area contributed by atoms with Crippen molar-refractivity contribution < 1.29 is 4.74 Å². The minimum absolute atomic E-state index is 0.0201. The quantitative estimate of drug-likeness (QED) is 0.656. The molecule has 5 nitrogen and oxygen atoms in total. The molecule has 0 aliphatic carbocycles. The number of benzene rings is 1. The number of hydrogen-bond donors (Lipinski definition) is 3. The first-order chi connectivity index (χ1) is 8.34. The molecule has 0 amide bonds. The SMILES string of the molecule is NC1=NC(SCCCOc2ccccc2)NN1. The van der Waals surface area contributed by atoms with Crippen molar-refractivity contribution in [1.29, 1.82) is 0 Å². The van der Waals surface area contributed by atoms with Gasteiger partial charge in [-0.05, 0) is 24.3 Å². The molecule has 17 heavy (non-hydrogen) atoms. The smallest absolute Gasteiger partial charge is 0.205 e. The summed E-state index contributed by atoms with van der Waals surface area (Å²) in [6.45, 7) is 0.719. The van der Waals surface area contributed by atoms with Gasteiger partial charge in [-0.3, -0.25) is 5.43 Å². The maximum absolute atomic E-state index is 5.58. The zero-order valence-electron chi connectivity index (χ0n) is 9.43. The molecule has 1 aliphatic rings. The third kappa shape index (κ3) is 4.16. The topological polar surface area (TPSA) is 71.7 Å². The lowest BCUT2D eigenvalue weighted by Crippen LogP contribution is -2.37. The molecule has 0 aromatic heterocycles. The fourth-order valence-corrected chi connectivity index (χ4v) is 2.20. The number of ether oxygens (including phenoxy) is 1. The number of nitrogens with two attached hydrogens (primary N) is 1. The van der Waals surface area contributed by atoms with Crippen molar-refractivity contribution in [3.05, 3.63) is 30.3 Å². The fourth-order valence-electron chi connectivity index (χ4n) is 1.37. The Labute approximate surface area is 105 Å². The Balaban J connectivity index is 1.55. The van der Waals surface area contributed by atoms with E-state index >= 15 is 0 Å². The highest BCUT2D eigenvalue weighted by molar-refractivity contribution is 7.99. The van der Waals surface area contributed by atoms with Crippen LogP contribution in [-0.4, -0.2) is 23.8 Å². The van der Waals surface area contributed by atoms with E-state index in [1.165, 1.54) is 0 Å². The van der Waals surface area contributed by atoms with Crippen molar-refractivity contribution in [2.75, 3.05) is 12.4 Å². The molecule has 0 saturated carbocycles. The predicted octanol–water partition coefficient (Wildman–Crippen LogP) is 0.895. The van der Waals surface area contributed by atoms with Crippen LogP contribution in [0.4, 0.5) is 0 Å². The van der Waals surface area contributed by atoms with Gasteiger partial charge in [0, 0.05) is 0 Å². The Morgan fingerprint density at radius 1 is 1.35 bits per heavy atom. The van der Waals surface area contributed by atoms with Gasteiger partial charge in [-0.1, -0.05) is 18.2 Å². The number of guanidine groups is 1. The number of rotatable bonds is 6. The minimum atomic E-state index is 0.0201. The summed E-state index contributed by atoms with van der Waals surface area (Å²) < 4.78 is 5.58. The summed E-state index contributed by atoms with van der Waals surface area (Å²) in [7, 11) is 0. The van der Waals surface area contributed by atoms with Crippen molar-refractivity contribution in [1.82, 2.24) is 10.9 Å². The summed E-state index contributed by atoms with van der Waals surface area (Å²) in [5.41, 5.74) is 11.2. The molecule has 0 spiro atoms. The number of para-hydroxylation sites is 1. The summed E-state index contributed by atoms with van der Waals surface area (Å²) in [5.74, 6) is 2.34. The predicted molar refractivity (Wildman–Crippen MR) is 70.7 cm³/mol. The van der Waals surface area contributed by atoms with Crippen LogP contribution in [0.15, 0.2) is 35.3 Å². The molecule has 0 bridgehead atoms. The van der Waals surface area contributed by atoms with Crippen LogP contribution in [0, 0.1) is 0 Å². The third-order valence-electron chi connectivity index (χ3n) is 2.16. The number of hydrazine groups is 1. The molecule has 0 saturated heterocycles. The van der Waals surface area contributed by atoms with Crippen molar-refractivity contribution in [2.45, 2.75) is 11.9 Å². The first kappa shape index (κ1) is 12.1. The Hall–Kier alpha value is -1.40. The van der Waals surface area contributed by atoms with Gasteiger partial charge in [0.1, 0.15) is 5.75 Å². The molecular weight excluding hydrogens is 236 g/mol. The van der Waals surface area contributed by atoms with Crippen LogP contribution in [0.3, 0.4) is 0 Å². The average Bonchev–Trinajstić information content (AvgIpc) is 2.76. The van der Waals surface area contributed by atoms with Gasteiger partial charge < -0.3 is 10.5 Å². The first-order valence-corrected chi connectivity index (χ1v) is 6.54. The summed E-state index contributed by atoms with van der Waals surface area (Å²) >= 11 is 1.70. The second kappa shape index (κ2) is 6.36. The molecule has 1 aromatic carbocycles. The maximum Gasteiger partial charge on any atom is 0.205 e. The van der Waals surface area contributed by atoms with Gasteiger partial charge >= 0.3 is 0 Å². The van der Waals surface area contributed by atoms with Crippen LogP contribution in [0.5, 0.6) is 5.75 Å². The van der Waals surface area contributed by atoms with Gasteiger partial charge in [0.25, 0.3) is 0 Å². The van der Waals surface area contributed by atoms with E-state index in [0.29, 0.717) is 5.96 Å². The Morgan fingerprint density at radius 2 is 2.18 bits per heavy atom. The zero-order valence-corrected chi connectivity index (χ0v) is 10.2. The van der Waals surface area contributed by atoms with E-state index in [1.54, 1.807) is 11.8 Å². The fraction of sp³-hybridized carbons (Fsp3) is 0.364. The van der Waals surface area contributed by atoms with Gasteiger partial charge in [-0.15, -0.1) is 11.8 Å². The van der Waals surface area contributed by atoms with E-state index < -0.39 is 0 Å². The third-order valence-corrected chi connectivity index (χ3v) is 3.22. The summed E-state index contributed by atoms with van der Waals surface area (Å²) in [6.07, 6.45) is 0.979. The Bertz CT molecular complexity index is 371. The molecule has 4 N–H and O–H groups in total. The minimum Gasteiger partial charge on any atom is -0.494 e. The number of aliphatic imine (C=N–C) groups is 1. The van der Waals surface area contributed by atoms with E-state index in [9.17, 15) is 0 Å². The molecule has 1 aromatic rings. The molecular formula is C11H16N4OS. The largest absolute Gasteiger partial charge is 0.494 e. The normalized spacial score (nSPS) is 18.6. The summed E-state index contributed by atoms with van der Waals surface area (Å²) in [6, 6.07) is 9.83. The van der Waals surface area contributed by atoms with Crippen molar-refractivity contribution >= 4 is 17.7 Å². The molecule has 2 rings (SSSR count). The molecule has 0 fully saturated rings. The standard InChI is InChI=1S/C11H16N4OS/c12-10-13-11(15-14-10)17-8-4-7-16-9-5-2-1-3-6-9/h1-3,5-6,11,15H,4,7-8H2,(H3,12,13,14). The van der Waals surface area contributed by atoms with Crippen LogP contribution in [0.1, 0.15) is 6.42 Å². The van der Waals surface area contributed by atoms with Crippen molar-refractivity contribution in [3.8, 4) is 5.75 Å². The van der Waals surface area contributed by atoms with Crippen LogP contribution in [0.2, 0.25) is 0 Å². The molecule has 1 heterocycles. The van der Waals surface area contributed by atoms with Crippen LogP contribution in [-0.2, 0) is 0 Å². The summed E-state index contributed by atoms with van der Waals surface area (Å²) in [4.78, 5) is 4.14. The lowest BCUT2D eigenvalue weighted by molar-refractivity contribution is 0.318. The van der Waals surface area contributed by atoms with Gasteiger partial charge in [-0.25, -0.2) is 10.4 Å². The first-order valence-electron chi connectivity index (χ1n) is 5.49. The second-order valence-electron chi connectivity index (χ2n) is 3.52. The zero-order chi connectivity index (χ0) is 11.9. The average molecular weight is 252 g/mol. The lowest BCUT2D eigenvalue weighted by atomic mass is 10.3. The van der Waals surface area contributed by atoms with Gasteiger partial charge in [0.15, 0.2) is 5.50 Å². The number of hydrogen-bond acceptors (Lipinski definition) is 6. The van der Waals surface area contributed by atoms with Crippen molar-refractivity contribution in [3.63, 3.8) is 0 Å². The van der Waals surface area contributed by atoms with E-state index in [1.807, 2.05) is 30.3 Å². The number of nitrogens with one attached hydrogen (secondary N) is 2.